The standard InChI is InChI=1S/C20H25N3O.C6H8N2/c1-4-23(5-2)20(24)14-9-16-15-7-6-8-17-19(15)13(11-21-17)10-18(16)22(3)12-14;7-5-3-1-2-4-6(5)8/h6-9,11,14,18,21H,4-5,10,12H2,1-3H3;1-4H,7-8H2/t14-,18-;/m1./s1. The van der Waals surface area contributed by atoms with Crippen molar-refractivity contribution in [2.24, 2.45) is 5.92 Å². The molecular weight excluding hydrogens is 398 g/mol. The zero-order chi connectivity index (χ0) is 22.8. The first-order chi connectivity index (χ1) is 15.4. The Kier molecular flexibility index (Phi) is 6.24. The van der Waals surface area contributed by atoms with Crippen LogP contribution in [0, 0.1) is 5.92 Å². The lowest BCUT2D eigenvalue weighted by Gasteiger charge is -2.40. The molecule has 2 aliphatic rings. The largest absolute Gasteiger partial charge is 0.397 e. The van der Waals surface area contributed by atoms with E-state index in [9.17, 15) is 4.79 Å². The second-order valence-corrected chi connectivity index (χ2v) is 8.57. The van der Waals surface area contributed by atoms with Gasteiger partial charge in [0.15, 0.2) is 0 Å². The third-order valence-electron chi connectivity index (χ3n) is 6.66. The lowest BCUT2D eigenvalue weighted by atomic mass is 9.79. The molecule has 168 valence electrons. The maximum absolute atomic E-state index is 12.9. The van der Waals surface area contributed by atoms with Crippen molar-refractivity contribution >= 4 is 33.8 Å². The maximum atomic E-state index is 12.9. The predicted octanol–water partition coefficient (Wildman–Crippen LogP) is 3.76. The second-order valence-electron chi connectivity index (χ2n) is 8.57. The Hall–Kier alpha value is -3.25. The number of likely N-dealkylation sites (N-methyl/N-ethyl adjacent to an activating group) is 1. The number of rotatable bonds is 3. The molecular formula is C26H33N5O. The highest BCUT2D eigenvalue weighted by Crippen LogP contribution is 2.40. The molecule has 1 aliphatic heterocycles. The number of H-pyrrole nitrogens is 1. The van der Waals surface area contributed by atoms with Gasteiger partial charge in [0.25, 0.3) is 0 Å². The van der Waals surface area contributed by atoms with Gasteiger partial charge in [-0.25, -0.2) is 0 Å². The summed E-state index contributed by atoms with van der Waals surface area (Å²) in [5.41, 5.74) is 17.3. The second kappa shape index (κ2) is 9.09. The Balaban J connectivity index is 0.000000260. The molecule has 0 spiro atoms. The Morgan fingerprint density at radius 3 is 2.41 bits per heavy atom. The summed E-state index contributed by atoms with van der Waals surface area (Å²) >= 11 is 0. The van der Waals surface area contributed by atoms with Crippen LogP contribution in [0.15, 0.2) is 54.7 Å². The van der Waals surface area contributed by atoms with E-state index in [1.807, 2.05) is 17.0 Å². The smallest absolute Gasteiger partial charge is 0.230 e. The summed E-state index contributed by atoms with van der Waals surface area (Å²) in [6.07, 6.45) is 5.41. The Morgan fingerprint density at radius 2 is 1.78 bits per heavy atom. The third kappa shape index (κ3) is 3.98. The Labute approximate surface area is 189 Å². The molecule has 0 unspecified atom stereocenters. The first-order valence-corrected chi connectivity index (χ1v) is 11.3. The lowest BCUT2D eigenvalue weighted by Crippen LogP contribution is -2.47. The highest BCUT2D eigenvalue weighted by atomic mass is 16.2. The molecule has 32 heavy (non-hydrogen) atoms. The monoisotopic (exact) mass is 431 g/mol. The van der Waals surface area contributed by atoms with Crippen molar-refractivity contribution < 1.29 is 4.79 Å². The molecule has 3 aromatic rings. The number of nitrogens with two attached hydrogens (primary N) is 2. The van der Waals surface area contributed by atoms with Crippen LogP contribution in [0.4, 0.5) is 11.4 Å². The van der Waals surface area contributed by atoms with Crippen molar-refractivity contribution in [2.75, 3.05) is 38.1 Å². The third-order valence-corrected chi connectivity index (χ3v) is 6.66. The normalized spacial score (nSPS) is 19.5. The number of nitrogen functional groups attached to an aromatic ring is 2. The number of nitrogens with zero attached hydrogens (tertiary/aromatic N) is 2. The average Bonchev–Trinajstić information content (AvgIpc) is 3.22. The van der Waals surface area contributed by atoms with E-state index in [0.717, 1.165) is 26.1 Å². The zero-order valence-corrected chi connectivity index (χ0v) is 19.1. The van der Waals surface area contributed by atoms with Gasteiger partial charge in [-0.05, 0) is 62.2 Å². The number of aromatic amines is 1. The van der Waals surface area contributed by atoms with Crippen molar-refractivity contribution in [3.8, 4) is 0 Å². The fourth-order valence-corrected chi connectivity index (χ4v) is 4.89. The Bertz CT molecular complexity index is 1120. The highest BCUT2D eigenvalue weighted by molar-refractivity contribution is 5.99. The predicted molar refractivity (Wildman–Crippen MR) is 133 cm³/mol. The quantitative estimate of drug-likeness (QED) is 0.551. The number of carbonyl (C=O) groups is 1. The topological polar surface area (TPSA) is 91.4 Å². The molecule has 0 fully saturated rings. The molecule has 2 heterocycles. The Morgan fingerprint density at radius 1 is 1.09 bits per heavy atom. The number of aromatic nitrogens is 1. The van der Waals surface area contributed by atoms with Gasteiger partial charge in [0, 0.05) is 42.8 Å². The first kappa shape index (κ1) is 22.0. The van der Waals surface area contributed by atoms with Gasteiger partial charge in [-0.3, -0.25) is 9.69 Å². The van der Waals surface area contributed by atoms with E-state index in [-0.39, 0.29) is 11.8 Å². The molecule has 0 radical (unpaired) electrons. The van der Waals surface area contributed by atoms with Gasteiger partial charge in [-0.2, -0.15) is 0 Å². The summed E-state index contributed by atoms with van der Waals surface area (Å²) in [7, 11) is 2.15. The SMILES string of the molecule is CCN(CC)C(=O)[C@@H]1C=C2c3cccc4[nH]cc(c34)C[C@H]2N(C)C1.Nc1ccccc1N. The fraction of sp³-hybridized carbons (Fsp3) is 0.346. The number of fused-ring (bicyclic) bond motifs is 2. The molecule has 6 heteroatoms. The average molecular weight is 432 g/mol. The first-order valence-electron chi connectivity index (χ1n) is 11.3. The molecule has 1 aromatic heterocycles. The van der Waals surface area contributed by atoms with Crippen LogP contribution in [-0.4, -0.2) is 53.4 Å². The van der Waals surface area contributed by atoms with Crippen LogP contribution in [0.2, 0.25) is 0 Å². The lowest BCUT2D eigenvalue weighted by molar-refractivity contribution is -0.134. The summed E-state index contributed by atoms with van der Waals surface area (Å²) < 4.78 is 0. The minimum Gasteiger partial charge on any atom is -0.397 e. The van der Waals surface area contributed by atoms with E-state index in [0.29, 0.717) is 17.4 Å². The van der Waals surface area contributed by atoms with Gasteiger partial charge < -0.3 is 21.4 Å². The summed E-state index contributed by atoms with van der Waals surface area (Å²) in [5.74, 6) is 0.210. The number of hydrogen-bond acceptors (Lipinski definition) is 4. The molecule has 0 saturated heterocycles. The summed E-state index contributed by atoms with van der Waals surface area (Å²) in [4.78, 5) is 20.6. The van der Waals surface area contributed by atoms with Crippen LogP contribution in [-0.2, 0) is 11.2 Å². The number of carbonyl (C=O) groups excluding carboxylic acids is 1. The van der Waals surface area contributed by atoms with E-state index in [1.165, 1.54) is 27.6 Å². The number of hydrogen-bond donors (Lipinski definition) is 3. The van der Waals surface area contributed by atoms with E-state index in [4.69, 9.17) is 11.5 Å². The van der Waals surface area contributed by atoms with Crippen LogP contribution in [0.5, 0.6) is 0 Å². The molecule has 5 N–H and O–H groups in total. The van der Waals surface area contributed by atoms with Crippen molar-refractivity contribution in [1.29, 1.82) is 0 Å². The number of nitrogens with one attached hydrogen (secondary N) is 1. The van der Waals surface area contributed by atoms with Crippen LogP contribution >= 0.6 is 0 Å². The van der Waals surface area contributed by atoms with E-state index < -0.39 is 0 Å². The van der Waals surface area contributed by atoms with E-state index >= 15 is 0 Å². The number of amides is 1. The van der Waals surface area contributed by atoms with E-state index in [2.05, 4.69) is 61.3 Å². The summed E-state index contributed by atoms with van der Waals surface area (Å²) in [5, 5.41) is 1.34. The summed E-state index contributed by atoms with van der Waals surface area (Å²) in [6, 6.07) is 14.1. The maximum Gasteiger partial charge on any atom is 0.230 e. The van der Waals surface area contributed by atoms with Crippen molar-refractivity contribution in [3.63, 3.8) is 0 Å². The van der Waals surface area contributed by atoms with Crippen LogP contribution in [0.1, 0.15) is 25.0 Å². The number of para-hydroxylation sites is 2. The van der Waals surface area contributed by atoms with Gasteiger partial charge in [0.05, 0.1) is 17.3 Å². The molecule has 1 aliphatic carbocycles. The van der Waals surface area contributed by atoms with Crippen molar-refractivity contribution in [3.05, 3.63) is 65.9 Å². The molecule has 6 nitrogen and oxygen atoms in total. The van der Waals surface area contributed by atoms with Crippen LogP contribution < -0.4 is 11.5 Å². The van der Waals surface area contributed by atoms with Gasteiger partial charge >= 0.3 is 0 Å². The zero-order valence-electron chi connectivity index (χ0n) is 19.1. The highest BCUT2D eigenvalue weighted by Gasteiger charge is 2.36. The molecule has 5 rings (SSSR count). The van der Waals surface area contributed by atoms with Crippen LogP contribution in [0.3, 0.4) is 0 Å². The van der Waals surface area contributed by atoms with Gasteiger partial charge in [-0.1, -0.05) is 30.3 Å². The van der Waals surface area contributed by atoms with Gasteiger partial charge in [-0.15, -0.1) is 0 Å². The van der Waals surface area contributed by atoms with E-state index in [1.54, 1.807) is 12.1 Å². The van der Waals surface area contributed by atoms with Crippen molar-refractivity contribution in [1.82, 2.24) is 14.8 Å². The summed E-state index contributed by atoms with van der Waals surface area (Å²) in [6.45, 7) is 6.47. The molecule has 0 bridgehead atoms. The minimum absolute atomic E-state index is 0.0445. The minimum atomic E-state index is -0.0445. The van der Waals surface area contributed by atoms with Crippen molar-refractivity contribution in [2.45, 2.75) is 26.3 Å². The number of anilines is 2. The van der Waals surface area contributed by atoms with Gasteiger partial charge in [0.2, 0.25) is 5.91 Å². The van der Waals surface area contributed by atoms with Gasteiger partial charge in [0.1, 0.15) is 0 Å². The number of benzene rings is 2. The molecule has 0 saturated carbocycles. The molecule has 1 amide bonds. The van der Waals surface area contributed by atoms with Crippen LogP contribution in [0.25, 0.3) is 16.5 Å². The molecule has 2 atom stereocenters. The molecule has 2 aromatic carbocycles. The fourth-order valence-electron chi connectivity index (χ4n) is 4.89.